The van der Waals surface area contributed by atoms with Crippen LogP contribution in [0.2, 0.25) is 0 Å². The Hall–Kier alpha value is -1.52. The van der Waals surface area contributed by atoms with Crippen LogP contribution >= 0.6 is 11.8 Å². The van der Waals surface area contributed by atoms with Crippen LogP contribution in [0.3, 0.4) is 0 Å². The minimum absolute atomic E-state index is 0.216. The molecular formula is C15H16FNOS. The fourth-order valence-electron chi connectivity index (χ4n) is 1.92. The van der Waals surface area contributed by atoms with E-state index >= 15 is 0 Å². The summed E-state index contributed by atoms with van der Waals surface area (Å²) in [5, 5.41) is 0. The van der Waals surface area contributed by atoms with Crippen molar-refractivity contribution >= 4 is 11.8 Å². The molecule has 0 saturated heterocycles. The van der Waals surface area contributed by atoms with Gasteiger partial charge in [-0.2, -0.15) is 0 Å². The van der Waals surface area contributed by atoms with Crippen molar-refractivity contribution in [3.63, 3.8) is 0 Å². The lowest BCUT2D eigenvalue weighted by Gasteiger charge is -2.15. The van der Waals surface area contributed by atoms with E-state index in [1.54, 1.807) is 30.0 Å². The fourth-order valence-corrected chi connectivity index (χ4v) is 2.32. The molecule has 0 heterocycles. The van der Waals surface area contributed by atoms with Crippen LogP contribution in [0.4, 0.5) is 4.39 Å². The molecule has 0 saturated carbocycles. The topological polar surface area (TPSA) is 35.2 Å². The van der Waals surface area contributed by atoms with Crippen molar-refractivity contribution in [2.24, 2.45) is 5.73 Å². The van der Waals surface area contributed by atoms with Gasteiger partial charge >= 0.3 is 0 Å². The summed E-state index contributed by atoms with van der Waals surface area (Å²) in [6.07, 6.45) is 2.01. The Morgan fingerprint density at radius 2 is 1.84 bits per heavy atom. The first-order valence-electron chi connectivity index (χ1n) is 5.89. The van der Waals surface area contributed by atoms with Gasteiger partial charge in [-0.25, -0.2) is 4.39 Å². The van der Waals surface area contributed by atoms with Gasteiger partial charge in [-0.1, -0.05) is 24.3 Å². The third-order valence-electron chi connectivity index (χ3n) is 3.02. The van der Waals surface area contributed by atoms with Crippen molar-refractivity contribution in [3.05, 3.63) is 59.4 Å². The molecule has 19 heavy (non-hydrogen) atoms. The molecule has 0 radical (unpaired) electrons. The highest BCUT2D eigenvalue weighted by atomic mass is 32.2. The van der Waals surface area contributed by atoms with E-state index in [0.29, 0.717) is 5.56 Å². The molecule has 2 aromatic carbocycles. The standard InChI is InChI=1S/C15H16FNOS/c1-18-13-5-3-4-12(14(13)16)15(17)10-6-8-11(19-2)9-7-10/h3-9,15H,17H2,1-2H3. The number of hydrogen-bond donors (Lipinski definition) is 1. The van der Waals surface area contributed by atoms with Crippen molar-refractivity contribution in [1.82, 2.24) is 0 Å². The molecule has 0 aliphatic heterocycles. The van der Waals surface area contributed by atoms with E-state index in [4.69, 9.17) is 10.5 Å². The van der Waals surface area contributed by atoms with Crippen LogP contribution in [0.1, 0.15) is 17.2 Å². The highest BCUT2D eigenvalue weighted by molar-refractivity contribution is 7.98. The Morgan fingerprint density at radius 3 is 2.42 bits per heavy atom. The predicted octanol–water partition coefficient (Wildman–Crippen LogP) is 3.60. The van der Waals surface area contributed by atoms with E-state index in [9.17, 15) is 4.39 Å². The molecule has 2 nitrogen and oxygen atoms in total. The minimum atomic E-state index is -0.494. The van der Waals surface area contributed by atoms with Gasteiger partial charge in [-0.3, -0.25) is 0 Å². The molecule has 0 amide bonds. The second-order valence-corrected chi connectivity index (χ2v) is 4.99. The maximum absolute atomic E-state index is 14.1. The third kappa shape index (κ3) is 2.91. The first kappa shape index (κ1) is 13.9. The molecule has 0 fully saturated rings. The summed E-state index contributed by atoms with van der Waals surface area (Å²) in [6, 6.07) is 12.3. The minimum Gasteiger partial charge on any atom is -0.494 e. The summed E-state index contributed by atoms with van der Waals surface area (Å²) >= 11 is 1.66. The average molecular weight is 277 g/mol. The van der Waals surface area contributed by atoms with Crippen LogP contribution in [0.5, 0.6) is 5.75 Å². The molecule has 0 aliphatic rings. The molecule has 0 bridgehead atoms. The number of methoxy groups -OCH3 is 1. The smallest absolute Gasteiger partial charge is 0.170 e. The first-order valence-corrected chi connectivity index (χ1v) is 7.11. The van der Waals surface area contributed by atoms with Crippen molar-refractivity contribution in [3.8, 4) is 5.75 Å². The van der Waals surface area contributed by atoms with E-state index in [1.807, 2.05) is 30.5 Å². The zero-order valence-corrected chi connectivity index (χ0v) is 11.7. The number of halogens is 1. The monoisotopic (exact) mass is 277 g/mol. The molecule has 0 spiro atoms. The van der Waals surface area contributed by atoms with Crippen LogP contribution in [0.15, 0.2) is 47.4 Å². The average Bonchev–Trinajstić information content (AvgIpc) is 2.47. The highest BCUT2D eigenvalue weighted by Crippen LogP contribution is 2.28. The number of rotatable bonds is 4. The van der Waals surface area contributed by atoms with Crippen LogP contribution in [0.25, 0.3) is 0 Å². The van der Waals surface area contributed by atoms with Gasteiger partial charge in [0.25, 0.3) is 0 Å². The summed E-state index contributed by atoms with van der Waals surface area (Å²) in [5.74, 6) is -0.180. The number of benzene rings is 2. The lowest BCUT2D eigenvalue weighted by atomic mass is 9.99. The normalized spacial score (nSPS) is 12.2. The first-order chi connectivity index (χ1) is 9.17. The number of ether oxygens (including phenoxy) is 1. The molecule has 2 aromatic rings. The van der Waals surface area contributed by atoms with Crippen molar-refractivity contribution < 1.29 is 9.13 Å². The maximum atomic E-state index is 14.1. The van der Waals surface area contributed by atoms with Gasteiger partial charge in [0.1, 0.15) is 0 Å². The lowest BCUT2D eigenvalue weighted by Crippen LogP contribution is -2.14. The summed E-state index contributed by atoms with van der Waals surface area (Å²) in [7, 11) is 1.45. The van der Waals surface area contributed by atoms with Crippen molar-refractivity contribution in [2.45, 2.75) is 10.9 Å². The zero-order chi connectivity index (χ0) is 13.8. The molecule has 1 unspecified atom stereocenters. The molecule has 0 aromatic heterocycles. The van der Waals surface area contributed by atoms with E-state index in [1.165, 1.54) is 7.11 Å². The Bertz CT molecular complexity index is 557. The van der Waals surface area contributed by atoms with Gasteiger partial charge in [0.15, 0.2) is 11.6 Å². The quantitative estimate of drug-likeness (QED) is 0.867. The Labute approximate surface area is 116 Å². The number of hydrogen-bond acceptors (Lipinski definition) is 3. The van der Waals surface area contributed by atoms with Gasteiger partial charge in [-0.05, 0) is 30.0 Å². The van der Waals surface area contributed by atoms with Crippen LogP contribution in [-0.2, 0) is 0 Å². The second-order valence-electron chi connectivity index (χ2n) is 4.11. The molecular weight excluding hydrogens is 261 g/mol. The second kappa shape index (κ2) is 6.08. The Balaban J connectivity index is 2.35. The summed E-state index contributed by atoms with van der Waals surface area (Å²) in [5.41, 5.74) is 7.45. The molecule has 1 atom stereocenters. The largest absolute Gasteiger partial charge is 0.494 e. The SMILES string of the molecule is COc1cccc(C(N)c2ccc(SC)cc2)c1F. The van der Waals surface area contributed by atoms with Gasteiger partial charge in [-0.15, -0.1) is 11.8 Å². The van der Waals surface area contributed by atoms with Gasteiger partial charge in [0, 0.05) is 10.5 Å². The summed E-state index contributed by atoms with van der Waals surface area (Å²) < 4.78 is 19.1. The fraction of sp³-hybridized carbons (Fsp3) is 0.200. The summed E-state index contributed by atoms with van der Waals surface area (Å²) in [4.78, 5) is 1.15. The molecule has 2 N–H and O–H groups in total. The Morgan fingerprint density at radius 1 is 1.16 bits per heavy atom. The van der Waals surface area contributed by atoms with Gasteiger partial charge in [0.2, 0.25) is 0 Å². The van der Waals surface area contributed by atoms with Crippen LogP contribution in [0, 0.1) is 5.82 Å². The summed E-state index contributed by atoms with van der Waals surface area (Å²) in [6.45, 7) is 0. The van der Waals surface area contributed by atoms with E-state index in [-0.39, 0.29) is 5.75 Å². The number of thioether (sulfide) groups is 1. The molecule has 100 valence electrons. The van der Waals surface area contributed by atoms with Crippen LogP contribution < -0.4 is 10.5 Å². The van der Waals surface area contributed by atoms with Crippen LogP contribution in [-0.4, -0.2) is 13.4 Å². The van der Waals surface area contributed by atoms with Gasteiger partial charge < -0.3 is 10.5 Å². The number of nitrogens with two attached hydrogens (primary N) is 1. The van der Waals surface area contributed by atoms with E-state index < -0.39 is 11.9 Å². The third-order valence-corrected chi connectivity index (χ3v) is 3.77. The van der Waals surface area contributed by atoms with E-state index in [2.05, 4.69) is 0 Å². The molecule has 2 rings (SSSR count). The van der Waals surface area contributed by atoms with Gasteiger partial charge in [0.05, 0.1) is 13.2 Å². The van der Waals surface area contributed by atoms with E-state index in [0.717, 1.165) is 10.5 Å². The maximum Gasteiger partial charge on any atom is 0.170 e. The predicted molar refractivity (Wildman–Crippen MR) is 77.2 cm³/mol. The highest BCUT2D eigenvalue weighted by Gasteiger charge is 2.16. The zero-order valence-electron chi connectivity index (χ0n) is 10.9. The Kier molecular flexibility index (Phi) is 4.45. The molecule has 4 heteroatoms. The van der Waals surface area contributed by atoms with Crippen molar-refractivity contribution in [1.29, 1.82) is 0 Å². The lowest BCUT2D eigenvalue weighted by molar-refractivity contribution is 0.383. The van der Waals surface area contributed by atoms with Crippen molar-refractivity contribution in [2.75, 3.05) is 13.4 Å². The molecule has 0 aliphatic carbocycles.